The van der Waals surface area contributed by atoms with Crippen molar-refractivity contribution in [3.05, 3.63) is 21.4 Å². The normalized spacial score (nSPS) is 19.7. The minimum absolute atomic E-state index is 0.142. The molecule has 0 saturated heterocycles. The maximum absolute atomic E-state index is 9.43. The van der Waals surface area contributed by atoms with Crippen LogP contribution in [0.3, 0.4) is 0 Å². The second kappa shape index (κ2) is 4.24. The van der Waals surface area contributed by atoms with Crippen LogP contribution in [0.2, 0.25) is 0 Å². The van der Waals surface area contributed by atoms with E-state index in [2.05, 4.69) is 6.07 Å². The zero-order valence-corrected chi connectivity index (χ0v) is 10.1. The number of thiophene rings is 1. The van der Waals surface area contributed by atoms with E-state index >= 15 is 0 Å². The Balaban J connectivity index is 2.32. The predicted octanol–water partition coefficient (Wildman–Crippen LogP) is 1.84. The molecule has 2 nitrogen and oxygen atoms in total. The molecule has 0 radical (unpaired) electrons. The smallest absolute Gasteiger partial charge is 0.0545 e. The van der Waals surface area contributed by atoms with Crippen LogP contribution >= 0.6 is 11.3 Å². The van der Waals surface area contributed by atoms with Gasteiger partial charge in [0.25, 0.3) is 0 Å². The maximum Gasteiger partial charge on any atom is 0.0545 e. The van der Waals surface area contributed by atoms with Gasteiger partial charge in [-0.05, 0) is 37.3 Å². The molecule has 1 heterocycles. The molecule has 84 valence electrons. The van der Waals surface area contributed by atoms with Crippen LogP contribution in [0.5, 0.6) is 0 Å². The first-order valence-electron chi connectivity index (χ1n) is 5.62. The van der Waals surface area contributed by atoms with Crippen molar-refractivity contribution in [2.75, 3.05) is 13.2 Å². The summed E-state index contributed by atoms with van der Waals surface area (Å²) >= 11 is 1.85. The molecule has 2 rings (SSSR count). The van der Waals surface area contributed by atoms with E-state index in [1.165, 1.54) is 41.0 Å². The number of aliphatic hydroxyl groups is 1. The Morgan fingerprint density at radius 3 is 2.80 bits per heavy atom. The molecule has 1 aliphatic rings. The van der Waals surface area contributed by atoms with Crippen LogP contribution in [0.15, 0.2) is 6.07 Å². The Morgan fingerprint density at radius 1 is 1.47 bits per heavy atom. The van der Waals surface area contributed by atoms with E-state index in [0.29, 0.717) is 6.54 Å². The van der Waals surface area contributed by atoms with Crippen molar-refractivity contribution in [2.24, 2.45) is 5.73 Å². The molecule has 3 N–H and O–H groups in total. The summed E-state index contributed by atoms with van der Waals surface area (Å²) in [5.41, 5.74) is 7.01. The second-order valence-electron chi connectivity index (χ2n) is 4.69. The number of rotatable bonds is 3. The lowest BCUT2D eigenvalue weighted by Gasteiger charge is -2.23. The first kappa shape index (κ1) is 11.1. The fraction of sp³-hybridized carbons (Fsp3) is 0.667. The molecule has 1 atom stereocenters. The van der Waals surface area contributed by atoms with E-state index in [0.717, 1.165) is 0 Å². The summed E-state index contributed by atoms with van der Waals surface area (Å²) in [6.45, 7) is 2.70. The highest BCUT2D eigenvalue weighted by Crippen LogP contribution is 2.35. The summed E-state index contributed by atoms with van der Waals surface area (Å²) in [4.78, 5) is 2.78. The first-order valence-corrected chi connectivity index (χ1v) is 6.44. The van der Waals surface area contributed by atoms with Gasteiger partial charge in [0.1, 0.15) is 0 Å². The average molecular weight is 225 g/mol. The number of nitrogens with two attached hydrogens (primary N) is 1. The van der Waals surface area contributed by atoms with Crippen molar-refractivity contribution >= 4 is 11.3 Å². The van der Waals surface area contributed by atoms with Crippen molar-refractivity contribution < 1.29 is 5.11 Å². The Kier molecular flexibility index (Phi) is 3.14. The molecule has 1 aliphatic carbocycles. The molecule has 3 heteroatoms. The molecule has 0 spiro atoms. The third-order valence-corrected chi connectivity index (χ3v) is 4.93. The summed E-state index contributed by atoms with van der Waals surface area (Å²) in [6.07, 6.45) is 5.04. The topological polar surface area (TPSA) is 46.2 Å². The fourth-order valence-electron chi connectivity index (χ4n) is 2.03. The summed E-state index contributed by atoms with van der Waals surface area (Å²) in [6, 6.07) is 2.27. The molecule has 0 saturated carbocycles. The molecule has 1 unspecified atom stereocenters. The summed E-state index contributed by atoms with van der Waals surface area (Å²) < 4.78 is 0. The molecular weight excluding hydrogens is 206 g/mol. The highest BCUT2D eigenvalue weighted by Gasteiger charge is 2.28. The summed E-state index contributed by atoms with van der Waals surface area (Å²) in [5, 5.41) is 9.43. The molecular formula is C12H19NOS. The highest BCUT2D eigenvalue weighted by atomic mass is 32.1. The predicted molar refractivity (Wildman–Crippen MR) is 64.5 cm³/mol. The van der Waals surface area contributed by atoms with Crippen LogP contribution in [0.1, 0.15) is 35.1 Å². The molecule has 0 bridgehead atoms. The van der Waals surface area contributed by atoms with Crippen molar-refractivity contribution in [2.45, 2.75) is 38.0 Å². The second-order valence-corrected chi connectivity index (χ2v) is 5.83. The van der Waals surface area contributed by atoms with Crippen molar-refractivity contribution in [1.82, 2.24) is 0 Å². The van der Waals surface area contributed by atoms with Crippen LogP contribution < -0.4 is 5.73 Å². The molecule has 15 heavy (non-hydrogen) atoms. The Labute approximate surface area is 95.1 Å². The van der Waals surface area contributed by atoms with Gasteiger partial charge in [0.15, 0.2) is 0 Å². The van der Waals surface area contributed by atoms with E-state index in [1.807, 2.05) is 18.3 Å². The number of hydrogen-bond donors (Lipinski definition) is 2. The van der Waals surface area contributed by atoms with E-state index < -0.39 is 0 Å². The van der Waals surface area contributed by atoms with Gasteiger partial charge >= 0.3 is 0 Å². The lowest BCUT2D eigenvalue weighted by Crippen LogP contribution is -2.34. The first-order chi connectivity index (χ1) is 7.19. The van der Waals surface area contributed by atoms with Crippen LogP contribution in [0, 0.1) is 0 Å². The quantitative estimate of drug-likeness (QED) is 0.824. The molecule has 0 fully saturated rings. The third-order valence-electron chi connectivity index (χ3n) is 3.39. The van der Waals surface area contributed by atoms with E-state index in [-0.39, 0.29) is 12.0 Å². The molecule has 0 aromatic carbocycles. The van der Waals surface area contributed by atoms with Crippen LogP contribution in [0.25, 0.3) is 0 Å². The Bertz CT molecular complexity index is 318. The molecule has 0 amide bonds. The standard InChI is InChI=1S/C12H19NOS/c1-12(7-13,8-14)11-6-9-4-2-3-5-10(9)15-11/h6,14H,2-5,7-8,13H2,1H3. The maximum atomic E-state index is 9.43. The Hall–Kier alpha value is -0.380. The van der Waals surface area contributed by atoms with Crippen molar-refractivity contribution in [1.29, 1.82) is 0 Å². The van der Waals surface area contributed by atoms with Gasteiger partial charge in [0, 0.05) is 21.7 Å². The summed E-state index contributed by atoms with van der Waals surface area (Å²) in [7, 11) is 0. The van der Waals surface area contributed by atoms with Crippen molar-refractivity contribution in [3.8, 4) is 0 Å². The molecule has 1 aromatic rings. The van der Waals surface area contributed by atoms with Gasteiger partial charge < -0.3 is 10.8 Å². The van der Waals surface area contributed by atoms with Gasteiger partial charge in [0.05, 0.1) is 6.61 Å². The van der Waals surface area contributed by atoms with Gasteiger partial charge in [-0.1, -0.05) is 6.92 Å². The molecule has 1 aromatic heterocycles. The lowest BCUT2D eigenvalue weighted by molar-refractivity contribution is 0.213. The van der Waals surface area contributed by atoms with E-state index in [4.69, 9.17) is 5.73 Å². The minimum Gasteiger partial charge on any atom is -0.395 e. The molecule has 0 aliphatic heterocycles. The van der Waals surface area contributed by atoms with Crippen molar-refractivity contribution in [3.63, 3.8) is 0 Å². The Morgan fingerprint density at radius 2 is 2.20 bits per heavy atom. The van der Waals surface area contributed by atoms with Crippen LogP contribution in [-0.4, -0.2) is 18.3 Å². The van der Waals surface area contributed by atoms with Gasteiger partial charge in [-0.2, -0.15) is 0 Å². The highest BCUT2D eigenvalue weighted by molar-refractivity contribution is 7.12. The number of hydrogen-bond acceptors (Lipinski definition) is 3. The van der Waals surface area contributed by atoms with Crippen LogP contribution in [0.4, 0.5) is 0 Å². The van der Waals surface area contributed by atoms with Gasteiger partial charge in [-0.3, -0.25) is 0 Å². The van der Waals surface area contributed by atoms with Crippen LogP contribution in [-0.2, 0) is 18.3 Å². The van der Waals surface area contributed by atoms with E-state index in [1.54, 1.807) is 0 Å². The van der Waals surface area contributed by atoms with Gasteiger partial charge in [0.2, 0.25) is 0 Å². The van der Waals surface area contributed by atoms with Gasteiger partial charge in [-0.25, -0.2) is 0 Å². The minimum atomic E-state index is -0.234. The lowest BCUT2D eigenvalue weighted by atomic mass is 9.88. The number of fused-ring (bicyclic) bond motifs is 1. The fourth-order valence-corrected chi connectivity index (χ4v) is 3.43. The number of aliphatic hydroxyl groups excluding tert-OH is 1. The SMILES string of the molecule is CC(CN)(CO)c1cc2c(s1)CCCC2. The zero-order valence-electron chi connectivity index (χ0n) is 9.25. The zero-order chi connectivity index (χ0) is 10.9. The number of aryl methyl sites for hydroxylation is 2. The third kappa shape index (κ3) is 1.96. The average Bonchev–Trinajstić information content (AvgIpc) is 2.72. The monoisotopic (exact) mass is 225 g/mol. The largest absolute Gasteiger partial charge is 0.395 e. The van der Waals surface area contributed by atoms with Gasteiger partial charge in [-0.15, -0.1) is 11.3 Å². The van der Waals surface area contributed by atoms with E-state index in [9.17, 15) is 5.11 Å². The summed E-state index contributed by atoms with van der Waals surface area (Å²) in [5.74, 6) is 0.